The van der Waals surface area contributed by atoms with Gasteiger partial charge in [-0.25, -0.2) is 0 Å². The van der Waals surface area contributed by atoms with Crippen LogP contribution in [0.5, 0.6) is 11.5 Å². The van der Waals surface area contributed by atoms with Gasteiger partial charge < -0.3 is 15.2 Å². The minimum atomic E-state index is 0.157. The highest BCUT2D eigenvalue weighted by Crippen LogP contribution is 2.35. The van der Waals surface area contributed by atoms with Crippen molar-refractivity contribution in [2.24, 2.45) is 0 Å². The second kappa shape index (κ2) is 10.4. The monoisotopic (exact) mass is 361 g/mol. The van der Waals surface area contributed by atoms with Crippen molar-refractivity contribution in [2.75, 3.05) is 25.7 Å². The number of halogens is 1. The summed E-state index contributed by atoms with van der Waals surface area (Å²) in [6.45, 7) is 1.82. The minimum absolute atomic E-state index is 0.157. The Morgan fingerprint density at radius 1 is 1.25 bits per heavy atom. The SMILES string of the molecule is COc1cc(CNCCCCCCSC)cc(Br)c1O. The first-order valence-electron chi connectivity index (χ1n) is 6.94. The summed E-state index contributed by atoms with van der Waals surface area (Å²) in [4.78, 5) is 0. The van der Waals surface area contributed by atoms with Gasteiger partial charge in [0.15, 0.2) is 11.5 Å². The first kappa shape index (κ1) is 17.7. The Balaban J connectivity index is 2.24. The predicted molar refractivity (Wildman–Crippen MR) is 90.9 cm³/mol. The van der Waals surface area contributed by atoms with Gasteiger partial charge in [0.1, 0.15) is 0 Å². The summed E-state index contributed by atoms with van der Waals surface area (Å²) in [5.41, 5.74) is 1.11. The van der Waals surface area contributed by atoms with Gasteiger partial charge in [-0.15, -0.1) is 0 Å². The zero-order valence-corrected chi connectivity index (χ0v) is 14.6. The first-order chi connectivity index (χ1) is 9.69. The summed E-state index contributed by atoms with van der Waals surface area (Å²) >= 11 is 5.26. The van der Waals surface area contributed by atoms with Crippen molar-refractivity contribution in [2.45, 2.75) is 32.2 Å². The van der Waals surface area contributed by atoms with Gasteiger partial charge in [0.25, 0.3) is 0 Å². The van der Waals surface area contributed by atoms with Crippen LogP contribution >= 0.6 is 27.7 Å². The number of unbranched alkanes of at least 4 members (excludes halogenated alkanes) is 3. The van der Waals surface area contributed by atoms with Crippen molar-refractivity contribution >= 4 is 27.7 Å². The molecule has 0 aliphatic heterocycles. The second-order valence-corrected chi connectivity index (χ2v) is 6.55. The van der Waals surface area contributed by atoms with E-state index < -0.39 is 0 Å². The number of rotatable bonds is 10. The number of nitrogens with one attached hydrogen (secondary N) is 1. The maximum Gasteiger partial charge on any atom is 0.172 e. The molecular weight excluding hydrogens is 338 g/mol. The van der Waals surface area contributed by atoms with E-state index in [1.165, 1.54) is 31.4 Å². The number of hydrogen-bond acceptors (Lipinski definition) is 4. The zero-order valence-electron chi connectivity index (χ0n) is 12.2. The summed E-state index contributed by atoms with van der Waals surface area (Å²) in [5, 5.41) is 13.2. The van der Waals surface area contributed by atoms with E-state index in [1.54, 1.807) is 7.11 Å². The average Bonchev–Trinajstić information content (AvgIpc) is 2.45. The van der Waals surface area contributed by atoms with Crippen molar-refractivity contribution in [1.82, 2.24) is 5.32 Å². The van der Waals surface area contributed by atoms with Crippen LogP contribution < -0.4 is 10.1 Å². The molecule has 0 saturated heterocycles. The highest BCUT2D eigenvalue weighted by atomic mass is 79.9. The Morgan fingerprint density at radius 3 is 2.70 bits per heavy atom. The van der Waals surface area contributed by atoms with Crippen LogP contribution in [0.25, 0.3) is 0 Å². The molecule has 1 rings (SSSR count). The molecule has 0 unspecified atom stereocenters. The van der Waals surface area contributed by atoms with E-state index in [-0.39, 0.29) is 5.75 Å². The highest BCUT2D eigenvalue weighted by molar-refractivity contribution is 9.10. The summed E-state index contributed by atoms with van der Waals surface area (Å²) in [5.74, 6) is 1.94. The van der Waals surface area contributed by atoms with E-state index in [0.717, 1.165) is 18.7 Å². The van der Waals surface area contributed by atoms with Crippen LogP contribution in [0.4, 0.5) is 0 Å². The molecule has 0 saturated carbocycles. The molecule has 5 heteroatoms. The van der Waals surface area contributed by atoms with Gasteiger partial charge in [0.05, 0.1) is 11.6 Å². The number of aromatic hydroxyl groups is 1. The third-order valence-electron chi connectivity index (χ3n) is 3.09. The Kier molecular flexibility index (Phi) is 9.14. The van der Waals surface area contributed by atoms with Gasteiger partial charge in [-0.3, -0.25) is 0 Å². The fourth-order valence-electron chi connectivity index (χ4n) is 1.97. The van der Waals surface area contributed by atoms with Crippen LogP contribution in [0.1, 0.15) is 31.2 Å². The van der Waals surface area contributed by atoms with Crippen molar-refractivity contribution in [3.05, 3.63) is 22.2 Å². The number of methoxy groups -OCH3 is 1. The van der Waals surface area contributed by atoms with Crippen LogP contribution in [-0.4, -0.2) is 30.8 Å². The van der Waals surface area contributed by atoms with E-state index >= 15 is 0 Å². The molecule has 2 N–H and O–H groups in total. The quantitative estimate of drug-likeness (QED) is 0.613. The van der Waals surface area contributed by atoms with E-state index in [2.05, 4.69) is 27.5 Å². The van der Waals surface area contributed by atoms with Gasteiger partial charge in [0.2, 0.25) is 0 Å². The summed E-state index contributed by atoms with van der Waals surface area (Å²) in [7, 11) is 1.56. The molecule has 0 fully saturated rings. The number of ether oxygens (including phenoxy) is 1. The molecular formula is C15H24BrNO2S. The van der Waals surface area contributed by atoms with Gasteiger partial charge in [-0.1, -0.05) is 12.8 Å². The zero-order chi connectivity index (χ0) is 14.8. The first-order valence-corrected chi connectivity index (χ1v) is 9.12. The van der Waals surface area contributed by atoms with Crippen LogP contribution in [0.15, 0.2) is 16.6 Å². The molecule has 0 heterocycles. The molecule has 0 amide bonds. The third-order valence-corrected chi connectivity index (χ3v) is 4.39. The molecule has 0 radical (unpaired) electrons. The fourth-order valence-corrected chi connectivity index (χ4v) is 2.95. The smallest absolute Gasteiger partial charge is 0.172 e. The minimum Gasteiger partial charge on any atom is -0.503 e. The molecule has 0 bridgehead atoms. The van der Waals surface area contributed by atoms with Crippen LogP contribution in [0, 0.1) is 0 Å². The lowest BCUT2D eigenvalue weighted by atomic mass is 10.2. The molecule has 0 atom stereocenters. The lowest BCUT2D eigenvalue weighted by Crippen LogP contribution is -2.14. The Labute approximate surface area is 134 Å². The number of phenolic OH excluding ortho intramolecular Hbond substituents is 1. The maximum absolute atomic E-state index is 9.74. The van der Waals surface area contributed by atoms with E-state index in [4.69, 9.17) is 4.74 Å². The van der Waals surface area contributed by atoms with Gasteiger partial charge in [-0.05, 0) is 65.0 Å². The Morgan fingerprint density at radius 2 is 2.00 bits per heavy atom. The largest absolute Gasteiger partial charge is 0.503 e. The summed E-state index contributed by atoms with van der Waals surface area (Å²) < 4.78 is 5.81. The number of benzene rings is 1. The van der Waals surface area contributed by atoms with Crippen LogP contribution in [0.2, 0.25) is 0 Å². The van der Waals surface area contributed by atoms with Gasteiger partial charge in [-0.2, -0.15) is 11.8 Å². The lowest BCUT2D eigenvalue weighted by Gasteiger charge is -2.10. The standard InChI is InChI=1S/C15H24BrNO2S/c1-19-14-10-12(9-13(16)15(14)18)11-17-7-5-3-4-6-8-20-2/h9-10,17-18H,3-8,11H2,1-2H3. The van der Waals surface area contributed by atoms with Crippen LogP contribution in [0.3, 0.4) is 0 Å². The molecule has 0 aliphatic carbocycles. The van der Waals surface area contributed by atoms with Crippen molar-refractivity contribution in [1.29, 1.82) is 0 Å². The van der Waals surface area contributed by atoms with E-state index in [0.29, 0.717) is 10.2 Å². The van der Waals surface area contributed by atoms with E-state index in [1.807, 2.05) is 23.9 Å². The van der Waals surface area contributed by atoms with E-state index in [9.17, 15) is 5.11 Å². The third kappa shape index (κ3) is 6.37. The molecule has 20 heavy (non-hydrogen) atoms. The fraction of sp³-hybridized carbons (Fsp3) is 0.600. The number of thioether (sulfide) groups is 1. The highest BCUT2D eigenvalue weighted by Gasteiger charge is 2.08. The van der Waals surface area contributed by atoms with Crippen molar-refractivity contribution in [3.63, 3.8) is 0 Å². The van der Waals surface area contributed by atoms with Gasteiger partial charge in [0, 0.05) is 6.54 Å². The summed E-state index contributed by atoms with van der Waals surface area (Å²) in [6.07, 6.45) is 7.30. The predicted octanol–water partition coefficient (Wildman–Crippen LogP) is 4.18. The Hall–Kier alpha value is -0.390. The van der Waals surface area contributed by atoms with Crippen LogP contribution in [-0.2, 0) is 6.54 Å². The average molecular weight is 362 g/mol. The maximum atomic E-state index is 9.74. The van der Waals surface area contributed by atoms with Crippen molar-refractivity contribution in [3.8, 4) is 11.5 Å². The van der Waals surface area contributed by atoms with Gasteiger partial charge >= 0.3 is 0 Å². The topological polar surface area (TPSA) is 41.5 Å². The summed E-state index contributed by atoms with van der Waals surface area (Å²) in [6, 6.07) is 3.79. The normalized spacial score (nSPS) is 10.8. The number of phenols is 1. The van der Waals surface area contributed by atoms with Crippen molar-refractivity contribution < 1.29 is 9.84 Å². The number of hydrogen-bond donors (Lipinski definition) is 2. The molecule has 0 spiro atoms. The molecule has 1 aromatic carbocycles. The Bertz CT molecular complexity index is 402. The molecule has 0 aliphatic rings. The molecule has 0 aromatic heterocycles. The second-order valence-electron chi connectivity index (χ2n) is 4.71. The lowest BCUT2D eigenvalue weighted by molar-refractivity contribution is 0.371. The molecule has 1 aromatic rings. The molecule has 3 nitrogen and oxygen atoms in total. The molecule has 114 valence electrons.